The second-order valence-corrected chi connectivity index (χ2v) is 10.6. The van der Waals surface area contributed by atoms with E-state index in [0.29, 0.717) is 17.9 Å². The number of carbonyl (C=O) groups excluding carboxylic acids is 1. The predicted molar refractivity (Wildman–Crippen MR) is 147 cm³/mol. The van der Waals surface area contributed by atoms with Crippen LogP contribution in [0.25, 0.3) is 0 Å². The minimum atomic E-state index is -2.93. The summed E-state index contributed by atoms with van der Waals surface area (Å²) in [4.78, 5) is 9.44. The molecule has 0 radical (unpaired) electrons. The van der Waals surface area contributed by atoms with Crippen molar-refractivity contribution in [2.75, 3.05) is 13.1 Å². The molecule has 1 aliphatic rings. The molecule has 1 N–H and O–H groups in total. The lowest BCUT2D eigenvalue weighted by molar-refractivity contribution is -0.115. The summed E-state index contributed by atoms with van der Waals surface area (Å²) in [5.41, 5.74) is 2.05. The molecule has 7 heteroatoms. The number of piperidine rings is 1. The van der Waals surface area contributed by atoms with Crippen molar-refractivity contribution in [3.8, 4) is 0 Å². The molecule has 3 rings (SSSR count). The van der Waals surface area contributed by atoms with Gasteiger partial charge in [-0.15, -0.1) is 0 Å². The summed E-state index contributed by atoms with van der Waals surface area (Å²) in [6.45, 7) is 16.3. The van der Waals surface area contributed by atoms with Gasteiger partial charge in [0.05, 0.1) is 5.69 Å². The lowest BCUT2D eigenvalue weighted by atomic mass is 9.93. The summed E-state index contributed by atoms with van der Waals surface area (Å²) in [6, 6.07) is 6.66. The number of alkyl halides is 3. The number of halogens is 3. The molecule has 1 aromatic carbocycles. The summed E-state index contributed by atoms with van der Waals surface area (Å²) in [5, 5.41) is 8.29. The van der Waals surface area contributed by atoms with E-state index in [1.165, 1.54) is 83.4 Å². The third-order valence-corrected chi connectivity index (χ3v) is 6.28. The molecule has 210 valence electrons. The van der Waals surface area contributed by atoms with Gasteiger partial charge >= 0.3 is 0 Å². The van der Waals surface area contributed by atoms with Gasteiger partial charge in [0.15, 0.2) is 0 Å². The number of unbranched alkanes of at least 4 members (excludes halogenated alkanes) is 1. The summed E-state index contributed by atoms with van der Waals surface area (Å²) >= 11 is 0. The molecule has 0 saturated carbocycles. The van der Waals surface area contributed by atoms with Crippen LogP contribution >= 0.6 is 0 Å². The number of nitrogens with zero attached hydrogens (tertiary/aromatic N) is 2. The number of rotatable bonds is 8. The lowest BCUT2D eigenvalue weighted by Crippen LogP contribution is -2.28. The van der Waals surface area contributed by atoms with Crippen LogP contribution in [-0.2, 0) is 35.8 Å². The quantitative estimate of drug-likeness (QED) is 0.383. The van der Waals surface area contributed by atoms with Gasteiger partial charge in [0.25, 0.3) is 5.92 Å². The fourth-order valence-corrected chi connectivity index (χ4v) is 4.06. The van der Waals surface area contributed by atoms with Gasteiger partial charge in [0.1, 0.15) is 11.5 Å². The third-order valence-electron chi connectivity index (χ3n) is 6.28. The van der Waals surface area contributed by atoms with Gasteiger partial charge in [0.2, 0.25) is 0 Å². The van der Waals surface area contributed by atoms with E-state index in [-0.39, 0.29) is 11.3 Å². The van der Waals surface area contributed by atoms with Crippen LogP contribution in [-0.4, -0.2) is 28.7 Å². The number of hydrogen-bond donors (Lipinski definition) is 1. The lowest BCUT2D eigenvalue weighted by Gasteiger charge is -2.20. The molecule has 1 atom stereocenters. The molecule has 2 heterocycles. The van der Waals surface area contributed by atoms with Crippen molar-refractivity contribution in [1.82, 2.24) is 15.1 Å². The molecule has 1 saturated heterocycles. The summed E-state index contributed by atoms with van der Waals surface area (Å²) < 4.78 is 42.4. The van der Waals surface area contributed by atoms with Gasteiger partial charge in [-0.2, -0.15) is 5.10 Å². The molecule has 0 amide bonds. The molecule has 1 aromatic heterocycles. The van der Waals surface area contributed by atoms with E-state index in [0.717, 1.165) is 32.0 Å². The number of nitrogens with one attached hydrogen (secondary N) is 1. The minimum Gasteiger partial charge on any atom is -0.316 e. The Balaban J connectivity index is 0.000000324. The number of hydrogen-bond acceptors (Lipinski definition) is 3. The molecule has 0 bridgehead atoms. The van der Waals surface area contributed by atoms with E-state index < -0.39 is 11.6 Å². The van der Waals surface area contributed by atoms with Crippen molar-refractivity contribution in [3.05, 3.63) is 52.3 Å². The van der Waals surface area contributed by atoms with Crippen molar-refractivity contribution in [3.63, 3.8) is 0 Å². The average molecular weight is 524 g/mol. The first kappa shape index (κ1) is 32.9. The Hall–Kier alpha value is -2.15. The van der Waals surface area contributed by atoms with Crippen molar-refractivity contribution in [2.24, 2.45) is 0 Å². The Labute approximate surface area is 222 Å². The standard InChI is InChI=1S/C14H25N3.C13H17F3.C3H6O/c1-3-5-9-17-13(4-2)10-14(16-17)12-7-6-8-15-11-12;1-5-9-6-10(12(2,3)14)8-11(7-9)13(4,15)16;1-3(2)4/h10,12,15H,3-9,11H2,1-2H3;6-8H,5H2,1-4H3;1-2H3. The van der Waals surface area contributed by atoms with Crippen LogP contribution in [0.15, 0.2) is 24.3 Å². The highest BCUT2D eigenvalue weighted by molar-refractivity contribution is 5.72. The normalized spacial score (nSPS) is 15.8. The first-order chi connectivity index (χ1) is 17.2. The van der Waals surface area contributed by atoms with Gasteiger partial charge in [0, 0.05) is 37.2 Å². The first-order valence-electron chi connectivity index (χ1n) is 13.7. The maximum atomic E-state index is 13.8. The van der Waals surface area contributed by atoms with Crippen LogP contribution in [0.2, 0.25) is 0 Å². The molecule has 0 aliphatic carbocycles. The first-order valence-corrected chi connectivity index (χ1v) is 13.7. The Morgan fingerprint density at radius 3 is 2.11 bits per heavy atom. The van der Waals surface area contributed by atoms with Crippen molar-refractivity contribution in [2.45, 2.75) is 118 Å². The molecule has 37 heavy (non-hydrogen) atoms. The number of ketones is 1. The Bertz CT molecular complexity index is 916. The minimum absolute atomic E-state index is 0.118. The van der Waals surface area contributed by atoms with Crippen LogP contribution in [0.1, 0.15) is 115 Å². The average Bonchev–Trinajstić information content (AvgIpc) is 3.25. The van der Waals surface area contributed by atoms with Crippen molar-refractivity contribution >= 4 is 5.78 Å². The summed E-state index contributed by atoms with van der Waals surface area (Å²) in [7, 11) is 0. The number of benzene rings is 1. The van der Waals surface area contributed by atoms with Gasteiger partial charge in [-0.3, -0.25) is 4.68 Å². The Kier molecular flexibility index (Phi) is 13.6. The predicted octanol–water partition coefficient (Wildman–Crippen LogP) is 7.87. The molecule has 1 unspecified atom stereocenters. The summed E-state index contributed by atoms with van der Waals surface area (Å²) in [5.74, 6) is -2.12. The van der Waals surface area contributed by atoms with Crippen molar-refractivity contribution in [1.29, 1.82) is 0 Å². The van der Waals surface area contributed by atoms with Crippen LogP contribution in [0.4, 0.5) is 13.2 Å². The van der Waals surface area contributed by atoms with Crippen molar-refractivity contribution < 1.29 is 18.0 Å². The fraction of sp³-hybridized carbons (Fsp3) is 0.667. The molecule has 2 aromatic rings. The van der Waals surface area contributed by atoms with Gasteiger partial charge in [-0.25, -0.2) is 13.2 Å². The second kappa shape index (κ2) is 15.3. The zero-order valence-electron chi connectivity index (χ0n) is 24.2. The van der Waals surface area contributed by atoms with Gasteiger partial charge in [-0.05, 0) is 95.7 Å². The molecule has 1 aliphatic heterocycles. The summed E-state index contributed by atoms with van der Waals surface area (Å²) in [6.07, 6.45) is 6.76. The highest BCUT2D eigenvalue weighted by Gasteiger charge is 2.28. The Morgan fingerprint density at radius 1 is 1.03 bits per heavy atom. The van der Waals surface area contributed by atoms with Crippen LogP contribution in [0, 0.1) is 0 Å². The second-order valence-electron chi connectivity index (χ2n) is 10.6. The van der Waals surface area contributed by atoms with Crippen LogP contribution in [0.5, 0.6) is 0 Å². The van der Waals surface area contributed by atoms with Crippen LogP contribution in [0.3, 0.4) is 0 Å². The zero-order chi connectivity index (χ0) is 28.2. The maximum absolute atomic E-state index is 13.8. The Morgan fingerprint density at radius 2 is 1.65 bits per heavy atom. The fourth-order valence-electron chi connectivity index (χ4n) is 4.06. The molecule has 0 spiro atoms. The highest BCUT2D eigenvalue weighted by Crippen LogP contribution is 2.33. The number of carbonyl (C=O) groups is 1. The van der Waals surface area contributed by atoms with Gasteiger partial charge < -0.3 is 10.1 Å². The molecule has 4 nitrogen and oxygen atoms in total. The topological polar surface area (TPSA) is 46.9 Å². The third kappa shape index (κ3) is 11.8. The zero-order valence-corrected chi connectivity index (χ0v) is 24.2. The van der Waals surface area contributed by atoms with Crippen LogP contribution < -0.4 is 5.32 Å². The number of aryl methyl sites for hydroxylation is 3. The maximum Gasteiger partial charge on any atom is 0.270 e. The number of aromatic nitrogens is 2. The molecular weight excluding hydrogens is 475 g/mol. The molecular formula is C30H48F3N3O. The van der Waals surface area contributed by atoms with E-state index >= 15 is 0 Å². The smallest absolute Gasteiger partial charge is 0.270 e. The number of Topliss-reactive ketones (excluding diaryl/α,β-unsaturated/α-hetero) is 1. The van der Waals surface area contributed by atoms with E-state index in [2.05, 4.69) is 29.9 Å². The monoisotopic (exact) mass is 523 g/mol. The van der Waals surface area contributed by atoms with E-state index in [1.54, 1.807) is 6.07 Å². The van der Waals surface area contributed by atoms with E-state index in [4.69, 9.17) is 5.10 Å². The SMILES string of the molecule is CC(C)=O.CCCCn1nc(C2CCCNC2)cc1CC.CCc1cc(C(C)(C)F)cc(C(C)(F)F)c1. The van der Waals surface area contributed by atoms with Gasteiger partial charge in [-0.1, -0.05) is 33.3 Å². The highest BCUT2D eigenvalue weighted by atomic mass is 19.3. The molecule has 1 fully saturated rings. The van der Waals surface area contributed by atoms with E-state index in [1.807, 2.05) is 6.92 Å². The largest absolute Gasteiger partial charge is 0.316 e. The van der Waals surface area contributed by atoms with E-state index in [9.17, 15) is 18.0 Å².